The van der Waals surface area contributed by atoms with Crippen LogP contribution in [0.25, 0.3) is 0 Å². The lowest BCUT2D eigenvalue weighted by Crippen LogP contribution is -2.24. The highest BCUT2D eigenvalue weighted by Gasteiger charge is 2.14. The van der Waals surface area contributed by atoms with Crippen LogP contribution in [0.4, 0.5) is 4.39 Å². The topological polar surface area (TPSA) is 52.6 Å². The summed E-state index contributed by atoms with van der Waals surface area (Å²) in [6.07, 6.45) is -0.680. The molecule has 128 valence electrons. The number of nitrogens with zero attached hydrogens (tertiary/aromatic N) is 1. The van der Waals surface area contributed by atoms with Gasteiger partial charge in [0, 0.05) is 25.7 Å². The normalized spacial score (nSPS) is 12.2. The number of benzene rings is 2. The van der Waals surface area contributed by atoms with Gasteiger partial charge in [-0.2, -0.15) is 0 Å². The van der Waals surface area contributed by atoms with E-state index in [1.54, 1.807) is 32.2 Å². The summed E-state index contributed by atoms with van der Waals surface area (Å²) < 4.78 is 13.2. The lowest BCUT2D eigenvalue weighted by Gasteiger charge is -2.22. The van der Waals surface area contributed by atoms with Gasteiger partial charge < -0.3 is 10.4 Å². The first kappa shape index (κ1) is 18.1. The number of carbonyl (C=O) groups is 1. The maximum absolute atomic E-state index is 13.2. The summed E-state index contributed by atoms with van der Waals surface area (Å²) in [6, 6.07) is 11.8. The smallest absolute Gasteiger partial charge is 0.251 e. The zero-order valence-electron chi connectivity index (χ0n) is 14.2. The molecular formula is C19H23FN2O2. The molecule has 4 nitrogen and oxygen atoms in total. The van der Waals surface area contributed by atoms with Crippen molar-refractivity contribution in [1.29, 1.82) is 0 Å². The van der Waals surface area contributed by atoms with Crippen molar-refractivity contribution in [2.45, 2.75) is 19.6 Å². The molecule has 0 aliphatic carbocycles. The van der Waals surface area contributed by atoms with Gasteiger partial charge in [-0.3, -0.25) is 9.69 Å². The molecule has 0 aromatic heterocycles. The van der Waals surface area contributed by atoms with Gasteiger partial charge in [0.25, 0.3) is 5.91 Å². The van der Waals surface area contributed by atoms with Gasteiger partial charge in [-0.25, -0.2) is 4.39 Å². The minimum atomic E-state index is -0.680. The van der Waals surface area contributed by atoms with Crippen molar-refractivity contribution in [3.05, 3.63) is 70.5 Å². The van der Waals surface area contributed by atoms with E-state index in [1.165, 1.54) is 12.1 Å². The van der Waals surface area contributed by atoms with Crippen LogP contribution in [0.15, 0.2) is 42.5 Å². The van der Waals surface area contributed by atoms with Crippen LogP contribution >= 0.6 is 0 Å². The summed E-state index contributed by atoms with van der Waals surface area (Å²) in [5.74, 6) is -0.412. The van der Waals surface area contributed by atoms with E-state index in [1.807, 2.05) is 24.1 Å². The average Bonchev–Trinajstić information content (AvgIpc) is 2.54. The number of halogens is 1. The molecule has 0 aliphatic heterocycles. The Hall–Kier alpha value is -2.24. The predicted molar refractivity (Wildman–Crippen MR) is 92.3 cm³/mol. The predicted octanol–water partition coefficient (Wildman–Crippen LogP) is 2.66. The maximum atomic E-state index is 13.2. The van der Waals surface area contributed by atoms with Crippen molar-refractivity contribution in [1.82, 2.24) is 10.2 Å². The van der Waals surface area contributed by atoms with E-state index in [9.17, 15) is 14.3 Å². The quantitative estimate of drug-likeness (QED) is 0.856. The Labute approximate surface area is 141 Å². The fourth-order valence-corrected chi connectivity index (χ4v) is 2.69. The van der Waals surface area contributed by atoms with Gasteiger partial charge in [-0.15, -0.1) is 0 Å². The van der Waals surface area contributed by atoms with Crippen LogP contribution in [0, 0.1) is 12.7 Å². The van der Waals surface area contributed by atoms with Crippen LogP contribution < -0.4 is 5.32 Å². The van der Waals surface area contributed by atoms with E-state index in [4.69, 9.17) is 0 Å². The lowest BCUT2D eigenvalue weighted by atomic mass is 10.0. The average molecular weight is 330 g/mol. The fraction of sp³-hybridized carbons (Fsp3) is 0.316. The zero-order chi connectivity index (χ0) is 17.7. The summed E-state index contributed by atoms with van der Waals surface area (Å²) in [4.78, 5) is 13.5. The highest BCUT2D eigenvalue weighted by atomic mass is 19.1. The summed E-state index contributed by atoms with van der Waals surface area (Å²) in [7, 11) is 3.51. The molecule has 1 atom stereocenters. The highest BCUT2D eigenvalue weighted by molar-refractivity contribution is 5.93. The van der Waals surface area contributed by atoms with E-state index in [-0.39, 0.29) is 11.7 Å². The van der Waals surface area contributed by atoms with E-state index in [2.05, 4.69) is 5.32 Å². The van der Waals surface area contributed by atoms with E-state index >= 15 is 0 Å². The molecule has 1 unspecified atom stereocenters. The van der Waals surface area contributed by atoms with Crippen molar-refractivity contribution in [2.75, 3.05) is 20.6 Å². The van der Waals surface area contributed by atoms with Crippen molar-refractivity contribution >= 4 is 5.91 Å². The van der Waals surface area contributed by atoms with Crippen LogP contribution in [-0.4, -0.2) is 36.6 Å². The van der Waals surface area contributed by atoms with Gasteiger partial charge in [-0.1, -0.05) is 18.2 Å². The second kappa shape index (κ2) is 8.04. The maximum Gasteiger partial charge on any atom is 0.251 e. The highest BCUT2D eigenvalue weighted by Crippen LogP contribution is 2.20. The first-order valence-corrected chi connectivity index (χ1v) is 7.84. The summed E-state index contributed by atoms with van der Waals surface area (Å²) in [5.41, 5.74) is 3.14. The van der Waals surface area contributed by atoms with Crippen LogP contribution in [0.1, 0.15) is 33.2 Å². The molecule has 2 N–H and O–H groups in total. The fourth-order valence-electron chi connectivity index (χ4n) is 2.69. The molecule has 1 amide bonds. The van der Waals surface area contributed by atoms with Crippen LogP contribution in [0.3, 0.4) is 0 Å². The van der Waals surface area contributed by atoms with Crippen LogP contribution in [0.5, 0.6) is 0 Å². The van der Waals surface area contributed by atoms with Crippen molar-refractivity contribution in [3.63, 3.8) is 0 Å². The van der Waals surface area contributed by atoms with E-state index in [0.717, 1.165) is 16.7 Å². The molecule has 0 bridgehead atoms. The van der Waals surface area contributed by atoms with Gasteiger partial charge in [0.2, 0.25) is 0 Å². The molecule has 0 fully saturated rings. The summed E-state index contributed by atoms with van der Waals surface area (Å²) in [5, 5.41) is 13.0. The zero-order valence-corrected chi connectivity index (χ0v) is 14.2. The monoisotopic (exact) mass is 330 g/mol. The molecule has 2 aromatic carbocycles. The third kappa shape index (κ3) is 4.63. The summed E-state index contributed by atoms with van der Waals surface area (Å²) in [6.45, 7) is 2.87. The molecule has 2 rings (SSSR count). The van der Waals surface area contributed by atoms with Crippen molar-refractivity contribution < 1.29 is 14.3 Å². The molecule has 0 aliphatic rings. The Bertz CT molecular complexity index is 701. The molecule has 0 radical (unpaired) electrons. The van der Waals surface area contributed by atoms with Gasteiger partial charge in [0.05, 0.1) is 6.10 Å². The number of rotatable bonds is 6. The number of aryl methyl sites for hydroxylation is 1. The van der Waals surface area contributed by atoms with Crippen molar-refractivity contribution in [2.24, 2.45) is 0 Å². The van der Waals surface area contributed by atoms with E-state index in [0.29, 0.717) is 18.7 Å². The number of nitrogens with one attached hydrogen (secondary N) is 1. The van der Waals surface area contributed by atoms with Gasteiger partial charge in [0.1, 0.15) is 5.82 Å². The van der Waals surface area contributed by atoms with Gasteiger partial charge in [-0.05, 0) is 54.9 Å². The minimum Gasteiger partial charge on any atom is -0.387 e. The Morgan fingerprint density at radius 2 is 1.92 bits per heavy atom. The number of amides is 1. The van der Waals surface area contributed by atoms with Gasteiger partial charge in [0.15, 0.2) is 0 Å². The molecule has 5 heteroatoms. The second-order valence-electron chi connectivity index (χ2n) is 5.99. The Balaban J connectivity index is 1.97. The molecule has 0 saturated heterocycles. The molecule has 24 heavy (non-hydrogen) atoms. The number of hydrogen-bond acceptors (Lipinski definition) is 3. The standard InChI is InChI=1S/C19H23FN2O2/c1-13-10-16(20)8-9-17(13)18(23)12-22(3)11-14-4-6-15(7-5-14)19(24)21-2/h4-10,18,23H,11-12H2,1-3H3,(H,21,24). The number of aliphatic hydroxyl groups excluding tert-OH is 1. The molecular weight excluding hydrogens is 307 g/mol. The Morgan fingerprint density at radius 3 is 2.50 bits per heavy atom. The number of likely N-dealkylation sites (N-methyl/N-ethyl adjacent to an activating group) is 1. The first-order valence-electron chi connectivity index (χ1n) is 7.84. The third-order valence-electron chi connectivity index (χ3n) is 3.97. The minimum absolute atomic E-state index is 0.114. The molecule has 0 heterocycles. The third-order valence-corrected chi connectivity index (χ3v) is 3.97. The SMILES string of the molecule is CNC(=O)c1ccc(CN(C)CC(O)c2ccc(F)cc2C)cc1. The number of carbonyl (C=O) groups excluding carboxylic acids is 1. The molecule has 2 aromatic rings. The molecule has 0 spiro atoms. The van der Waals surface area contributed by atoms with Gasteiger partial charge >= 0.3 is 0 Å². The lowest BCUT2D eigenvalue weighted by molar-refractivity contribution is 0.0963. The largest absolute Gasteiger partial charge is 0.387 e. The second-order valence-corrected chi connectivity index (χ2v) is 5.99. The van der Waals surface area contributed by atoms with Crippen LogP contribution in [0.2, 0.25) is 0 Å². The molecule has 0 saturated carbocycles. The summed E-state index contributed by atoms with van der Waals surface area (Å²) >= 11 is 0. The first-order chi connectivity index (χ1) is 11.4. The Morgan fingerprint density at radius 1 is 1.25 bits per heavy atom. The number of aliphatic hydroxyl groups is 1. The Kier molecular flexibility index (Phi) is 6.06. The van der Waals surface area contributed by atoms with Crippen LogP contribution in [-0.2, 0) is 6.54 Å². The van der Waals surface area contributed by atoms with E-state index < -0.39 is 6.10 Å². The number of hydrogen-bond donors (Lipinski definition) is 2. The van der Waals surface area contributed by atoms with Crippen molar-refractivity contribution in [3.8, 4) is 0 Å².